The number of benzene rings is 2. The van der Waals surface area contributed by atoms with Gasteiger partial charge in [-0.1, -0.05) is 47.7 Å². The summed E-state index contributed by atoms with van der Waals surface area (Å²) in [5.41, 5.74) is 2.30. The van der Waals surface area contributed by atoms with Crippen LogP contribution in [0.4, 0.5) is 5.69 Å². The first-order valence-corrected chi connectivity index (χ1v) is 13.3. The highest BCUT2D eigenvalue weighted by Crippen LogP contribution is 2.35. The first-order valence-electron chi connectivity index (χ1n) is 11.7. The minimum Gasteiger partial charge on any atom is -0.490 e. The van der Waals surface area contributed by atoms with Crippen LogP contribution in [0, 0.1) is 6.92 Å². The molecule has 7 nitrogen and oxygen atoms in total. The minimum absolute atomic E-state index is 0.0350. The number of hydrogen-bond acceptors (Lipinski definition) is 7. The molecule has 2 aromatic rings. The Hall–Kier alpha value is -2.59. The van der Waals surface area contributed by atoms with Gasteiger partial charge in [0.15, 0.2) is 18.1 Å². The van der Waals surface area contributed by atoms with Gasteiger partial charge in [-0.05, 0) is 68.2 Å². The average molecular weight is 547 g/mol. The van der Waals surface area contributed by atoms with Crippen LogP contribution in [0.3, 0.4) is 0 Å². The minimum atomic E-state index is -0.318. The second-order valence-corrected chi connectivity index (χ2v) is 10.5. The number of hydrogen-bond donors (Lipinski definition) is 1. The van der Waals surface area contributed by atoms with Crippen LogP contribution in [0.15, 0.2) is 41.3 Å². The summed E-state index contributed by atoms with van der Waals surface area (Å²) in [4.78, 5) is 27.5. The molecule has 0 radical (unpaired) electrons. The quantitative estimate of drug-likeness (QED) is 0.331. The number of thiocarbonyl (C=S) groups is 1. The number of nitrogens with one attached hydrogen (secondary N) is 1. The lowest BCUT2D eigenvalue weighted by molar-refractivity contribution is -0.123. The highest BCUT2D eigenvalue weighted by molar-refractivity contribution is 8.26. The Morgan fingerprint density at radius 1 is 1.28 bits per heavy atom. The van der Waals surface area contributed by atoms with E-state index in [1.165, 1.54) is 11.8 Å². The lowest BCUT2D eigenvalue weighted by Gasteiger charge is -2.18. The predicted molar refractivity (Wildman–Crippen MR) is 147 cm³/mol. The Balaban J connectivity index is 1.42. The zero-order valence-corrected chi connectivity index (χ0v) is 22.4. The molecule has 0 aromatic heterocycles. The molecule has 10 heteroatoms. The standard InChI is InChI=1S/C26H27ClN2O5S2/c1-3-32-22-11-17(12-23-25(31)29(26(35)36-23)14-19-5-4-10-33-19)7-9-21(22)34-15-24(30)28-20-13-18(27)8-6-16(20)2/h6-9,11-13,19H,3-5,10,14-15H2,1-2H3,(H,28,30)/b23-12-/t19-/m0/s1. The largest absolute Gasteiger partial charge is 0.490 e. The molecule has 36 heavy (non-hydrogen) atoms. The summed E-state index contributed by atoms with van der Waals surface area (Å²) >= 11 is 12.7. The van der Waals surface area contributed by atoms with E-state index in [-0.39, 0.29) is 24.5 Å². The van der Waals surface area contributed by atoms with Gasteiger partial charge in [0.25, 0.3) is 11.8 Å². The average Bonchev–Trinajstić information content (AvgIpc) is 3.45. The Kier molecular flexibility index (Phi) is 8.90. The molecule has 0 saturated carbocycles. The fourth-order valence-electron chi connectivity index (χ4n) is 3.86. The molecule has 2 aliphatic heterocycles. The van der Waals surface area contributed by atoms with Crippen LogP contribution in [0.2, 0.25) is 5.02 Å². The molecule has 0 spiro atoms. The third-order valence-electron chi connectivity index (χ3n) is 5.68. The zero-order valence-electron chi connectivity index (χ0n) is 20.0. The fraction of sp³-hybridized carbons (Fsp3) is 0.346. The van der Waals surface area contributed by atoms with Crippen LogP contribution < -0.4 is 14.8 Å². The van der Waals surface area contributed by atoms with E-state index in [0.29, 0.717) is 44.6 Å². The summed E-state index contributed by atoms with van der Waals surface area (Å²) in [6.45, 7) is 5.17. The van der Waals surface area contributed by atoms with Gasteiger partial charge in [-0.15, -0.1) is 0 Å². The van der Waals surface area contributed by atoms with Gasteiger partial charge in [0, 0.05) is 17.3 Å². The van der Waals surface area contributed by atoms with Gasteiger partial charge in [-0.25, -0.2) is 0 Å². The molecule has 2 fully saturated rings. The van der Waals surface area contributed by atoms with Gasteiger partial charge in [0.2, 0.25) is 0 Å². The highest BCUT2D eigenvalue weighted by Gasteiger charge is 2.34. The molecule has 2 heterocycles. The third kappa shape index (κ3) is 6.59. The number of anilines is 1. The zero-order chi connectivity index (χ0) is 25.7. The van der Waals surface area contributed by atoms with Gasteiger partial charge in [0.1, 0.15) is 4.32 Å². The topological polar surface area (TPSA) is 77.1 Å². The van der Waals surface area contributed by atoms with Crippen LogP contribution in [0.1, 0.15) is 30.9 Å². The number of halogens is 1. The molecule has 1 atom stereocenters. The maximum atomic E-state index is 12.9. The number of carbonyl (C=O) groups excluding carboxylic acids is 2. The van der Waals surface area contributed by atoms with Crippen molar-refractivity contribution in [1.29, 1.82) is 0 Å². The van der Waals surface area contributed by atoms with Gasteiger partial charge < -0.3 is 19.5 Å². The van der Waals surface area contributed by atoms with E-state index in [1.54, 1.807) is 35.2 Å². The molecule has 2 saturated heterocycles. The molecule has 2 aromatic carbocycles. The lowest BCUT2D eigenvalue weighted by atomic mass is 10.1. The highest BCUT2D eigenvalue weighted by atomic mass is 35.5. The molecule has 0 unspecified atom stereocenters. The van der Waals surface area contributed by atoms with E-state index in [0.717, 1.165) is 30.6 Å². The SMILES string of the molecule is CCOc1cc(/C=C2\SC(=S)N(C[C@@H]3CCCO3)C2=O)ccc1OCC(=O)Nc1cc(Cl)ccc1C. The summed E-state index contributed by atoms with van der Waals surface area (Å²) in [7, 11) is 0. The van der Waals surface area contributed by atoms with E-state index in [9.17, 15) is 9.59 Å². The summed E-state index contributed by atoms with van der Waals surface area (Å²) in [6, 6.07) is 10.6. The van der Waals surface area contributed by atoms with Crippen molar-refractivity contribution in [3.8, 4) is 11.5 Å². The van der Waals surface area contributed by atoms with Crippen LogP contribution >= 0.6 is 35.6 Å². The van der Waals surface area contributed by atoms with Gasteiger partial charge in [-0.2, -0.15) is 0 Å². The van der Waals surface area contributed by atoms with E-state index in [2.05, 4.69) is 5.32 Å². The third-order valence-corrected chi connectivity index (χ3v) is 7.29. The fourth-order valence-corrected chi connectivity index (χ4v) is 5.31. The number of amides is 2. The first-order chi connectivity index (χ1) is 17.3. The monoisotopic (exact) mass is 546 g/mol. The van der Waals surface area contributed by atoms with Crippen LogP contribution in [0.5, 0.6) is 11.5 Å². The predicted octanol–water partition coefficient (Wildman–Crippen LogP) is 5.44. The molecular weight excluding hydrogens is 520 g/mol. The number of ether oxygens (including phenoxy) is 3. The van der Waals surface area contributed by atoms with Gasteiger partial charge in [-0.3, -0.25) is 14.5 Å². The number of aryl methyl sites for hydroxylation is 1. The number of thioether (sulfide) groups is 1. The van der Waals surface area contributed by atoms with E-state index in [1.807, 2.05) is 26.0 Å². The van der Waals surface area contributed by atoms with Crippen LogP contribution in [0.25, 0.3) is 6.08 Å². The number of rotatable bonds is 9. The van der Waals surface area contributed by atoms with Crippen LogP contribution in [-0.2, 0) is 14.3 Å². The Labute approximate surface area is 225 Å². The van der Waals surface area contributed by atoms with Crippen molar-refractivity contribution < 1.29 is 23.8 Å². The lowest BCUT2D eigenvalue weighted by Crippen LogP contribution is -2.35. The Morgan fingerprint density at radius 3 is 2.86 bits per heavy atom. The summed E-state index contributed by atoms with van der Waals surface area (Å²) < 4.78 is 17.7. The molecule has 1 N–H and O–H groups in total. The molecule has 0 bridgehead atoms. The normalized spacial score (nSPS) is 18.7. The van der Waals surface area contributed by atoms with E-state index in [4.69, 9.17) is 38.0 Å². The number of carbonyl (C=O) groups is 2. The van der Waals surface area contributed by atoms with E-state index >= 15 is 0 Å². The van der Waals surface area contributed by atoms with Crippen molar-refractivity contribution >= 4 is 63.5 Å². The maximum absolute atomic E-state index is 12.9. The summed E-state index contributed by atoms with van der Waals surface area (Å²) in [6.07, 6.45) is 3.76. The van der Waals surface area contributed by atoms with Crippen molar-refractivity contribution in [2.45, 2.75) is 32.8 Å². The van der Waals surface area contributed by atoms with Gasteiger partial charge >= 0.3 is 0 Å². The van der Waals surface area contributed by atoms with Crippen molar-refractivity contribution in [2.75, 3.05) is 31.7 Å². The summed E-state index contributed by atoms with van der Waals surface area (Å²) in [5, 5.41) is 3.34. The van der Waals surface area contributed by atoms with E-state index < -0.39 is 0 Å². The first kappa shape index (κ1) is 26.5. The van der Waals surface area contributed by atoms with Crippen molar-refractivity contribution in [3.63, 3.8) is 0 Å². The number of nitrogens with zero attached hydrogens (tertiary/aromatic N) is 1. The van der Waals surface area contributed by atoms with Crippen LogP contribution in [-0.4, -0.2) is 53.5 Å². The molecule has 2 aliphatic rings. The summed E-state index contributed by atoms with van der Waals surface area (Å²) in [5.74, 6) is 0.472. The van der Waals surface area contributed by atoms with Crippen molar-refractivity contribution in [1.82, 2.24) is 4.90 Å². The second kappa shape index (κ2) is 12.1. The maximum Gasteiger partial charge on any atom is 0.266 e. The molecule has 2 amide bonds. The van der Waals surface area contributed by atoms with Crippen molar-refractivity contribution in [3.05, 3.63) is 57.5 Å². The smallest absolute Gasteiger partial charge is 0.266 e. The van der Waals surface area contributed by atoms with Crippen molar-refractivity contribution in [2.24, 2.45) is 0 Å². The second-order valence-electron chi connectivity index (χ2n) is 8.36. The molecule has 0 aliphatic carbocycles. The Morgan fingerprint density at radius 2 is 2.11 bits per heavy atom. The molecular formula is C26H27ClN2O5S2. The Bertz CT molecular complexity index is 1200. The van der Waals surface area contributed by atoms with Gasteiger partial charge in [0.05, 0.1) is 24.2 Å². The molecule has 190 valence electrons. The molecule has 4 rings (SSSR count).